The molecule has 2 unspecified atom stereocenters. The van der Waals surface area contributed by atoms with Gasteiger partial charge in [0.1, 0.15) is 0 Å². The molecule has 112 valence electrons. The van der Waals surface area contributed by atoms with Gasteiger partial charge in [-0.2, -0.15) is 0 Å². The van der Waals surface area contributed by atoms with E-state index in [0.717, 1.165) is 18.4 Å². The Balaban J connectivity index is 2.07. The van der Waals surface area contributed by atoms with Crippen LogP contribution >= 0.6 is 0 Å². The first-order chi connectivity index (χ1) is 9.07. The van der Waals surface area contributed by atoms with Crippen molar-refractivity contribution in [3.8, 4) is 0 Å². The van der Waals surface area contributed by atoms with Crippen molar-refractivity contribution in [1.29, 1.82) is 0 Å². The summed E-state index contributed by atoms with van der Waals surface area (Å²) in [7, 11) is 2.25. The Labute approximate surface area is 119 Å². The fourth-order valence-corrected chi connectivity index (χ4v) is 4.08. The van der Waals surface area contributed by atoms with Gasteiger partial charge in [0, 0.05) is 31.7 Å². The molecule has 19 heavy (non-hydrogen) atoms. The SMILES string of the molecule is CC(C)C1CCCC(CN)(N2CCCN(C)CC2)C1. The van der Waals surface area contributed by atoms with E-state index in [1.165, 1.54) is 58.3 Å². The van der Waals surface area contributed by atoms with E-state index in [0.29, 0.717) is 5.54 Å². The van der Waals surface area contributed by atoms with Gasteiger partial charge in [-0.25, -0.2) is 0 Å². The summed E-state index contributed by atoms with van der Waals surface area (Å²) in [5, 5.41) is 0. The third kappa shape index (κ3) is 3.50. The Morgan fingerprint density at radius 1 is 1.16 bits per heavy atom. The summed E-state index contributed by atoms with van der Waals surface area (Å²) in [4.78, 5) is 5.21. The fourth-order valence-electron chi connectivity index (χ4n) is 4.08. The lowest BCUT2D eigenvalue weighted by Gasteiger charge is -2.49. The lowest BCUT2D eigenvalue weighted by atomic mass is 9.71. The van der Waals surface area contributed by atoms with Crippen LogP contribution in [0.5, 0.6) is 0 Å². The number of hydrogen-bond acceptors (Lipinski definition) is 3. The lowest BCUT2D eigenvalue weighted by molar-refractivity contribution is 0.0286. The number of hydrogen-bond donors (Lipinski definition) is 1. The zero-order valence-electron chi connectivity index (χ0n) is 13.2. The van der Waals surface area contributed by atoms with Gasteiger partial charge in [0.15, 0.2) is 0 Å². The molecule has 1 aliphatic carbocycles. The second-order valence-corrected chi connectivity index (χ2v) is 7.17. The van der Waals surface area contributed by atoms with Crippen molar-refractivity contribution in [2.45, 2.75) is 51.5 Å². The van der Waals surface area contributed by atoms with Gasteiger partial charge in [0.25, 0.3) is 0 Å². The maximum absolute atomic E-state index is 6.26. The van der Waals surface area contributed by atoms with E-state index in [4.69, 9.17) is 5.73 Å². The molecule has 3 heteroatoms. The Bertz CT molecular complexity index is 279. The molecular formula is C16H33N3. The van der Waals surface area contributed by atoms with Crippen molar-refractivity contribution in [3.63, 3.8) is 0 Å². The minimum Gasteiger partial charge on any atom is -0.329 e. The van der Waals surface area contributed by atoms with Crippen LogP contribution in [-0.4, -0.2) is 55.1 Å². The molecule has 2 N–H and O–H groups in total. The van der Waals surface area contributed by atoms with Crippen LogP contribution in [0.1, 0.15) is 46.0 Å². The van der Waals surface area contributed by atoms with E-state index in [9.17, 15) is 0 Å². The van der Waals surface area contributed by atoms with E-state index in [1.807, 2.05) is 0 Å². The molecule has 0 bridgehead atoms. The molecule has 2 rings (SSSR count). The van der Waals surface area contributed by atoms with Gasteiger partial charge in [-0.05, 0) is 44.7 Å². The summed E-state index contributed by atoms with van der Waals surface area (Å²) < 4.78 is 0. The fraction of sp³-hybridized carbons (Fsp3) is 1.00. The normalized spacial score (nSPS) is 35.5. The maximum Gasteiger partial charge on any atom is 0.0335 e. The third-order valence-electron chi connectivity index (χ3n) is 5.57. The monoisotopic (exact) mass is 267 g/mol. The summed E-state index contributed by atoms with van der Waals surface area (Å²) in [6.07, 6.45) is 6.71. The van der Waals surface area contributed by atoms with Crippen LogP contribution in [0.4, 0.5) is 0 Å². The number of nitrogens with two attached hydrogens (primary N) is 1. The van der Waals surface area contributed by atoms with Crippen molar-refractivity contribution in [3.05, 3.63) is 0 Å². The number of nitrogens with zero attached hydrogens (tertiary/aromatic N) is 2. The minimum absolute atomic E-state index is 0.304. The highest BCUT2D eigenvalue weighted by Crippen LogP contribution is 2.39. The molecular weight excluding hydrogens is 234 g/mol. The van der Waals surface area contributed by atoms with Crippen molar-refractivity contribution in [2.75, 3.05) is 39.8 Å². The molecule has 0 amide bonds. The molecule has 2 fully saturated rings. The van der Waals surface area contributed by atoms with E-state index >= 15 is 0 Å². The van der Waals surface area contributed by atoms with E-state index < -0.39 is 0 Å². The van der Waals surface area contributed by atoms with Crippen molar-refractivity contribution in [2.24, 2.45) is 17.6 Å². The van der Waals surface area contributed by atoms with Gasteiger partial charge in [-0.3, -0.25) is 4.90 Å². The zero-order chi connectivity index (χ0) is 13.9. The Hall–Kier alpha value is -0.120. The van der Waals surface area contributed by atoms with Crippen molar-refractivity contribution < 1.29 is 0 Å². The first kappa shape index (κ1) is 15.3. The number of rotatable bonds is 3. The molecule has 3 nitrogen and oxygen atoms in total. The van der Waals surface area contributed by atoms with E-state index in [-0.39, 0.29) is 0 Å². The van der Waals surface area contributed by atoms with Crippen molar-refractivity contribution in [1.82, 2.24) is 9.80 Å². The standard InChI is InChI=1S/C16H33N3/c1-14(2)15-6-4-7-16(12-15,13-17)19-9-5-8-18(3)10-11-19/h14-15H,4-13,17H2,1-3H3. The van der Waals surface area contributed by atoms with Crippen molar-refractivity contribution >= 4 is 0 Å². The topological polar surface area (TPSA) is 32.5 Å². The summed E-state index contributed by atoms with van der Waals surface area (Å²) in [6, 6.07) is 0. The first-order valence-electron chi connectivity index (χ1n) is 8.21. The van der Waals surface area contributed by atoms with Crippen LogP contribution in [0.15, 0.2) is 0 Å². The molecule has 0 aromatic heterocycles. The average molecular weight is 267 g/mol. The molecule has 0 radical (unpaired) electrons. The van der Waals surface area contributed by atoms with Gasteiger partial charge in [-0.1, -0.05) is 26.7 Å². The quantitative estimate of drug-likeness (QED) is 0.850. The van der Waals surface area contributed by atoms with Gasteiger partial charge >= 0.3 is 0 Å². The predicted molar refractivity (Wildman–Crippen MR) is 82.3 cm³/mol. The van der Waals surface area contributed by atoms with E-state index in [1.54, 1.807) is 0 Å². The lowest BCUT2D eigenvalue weighted by Crippen LogP contribution is -2.57. The summed E-state index contributed by atoms with van der Waals surface area (Å²) in [5.74, 6) is 1.68. The molecule has 2 atom stereocenters. The molecule has 1 saturated carbocycles. The van der Waals surface area contributed by atoms with Crippen LogP contribution in [0.25, 0.3) is 0 Å². The second-order valence-electron chi connectivity index (χ2n) is 7.17. The largest absolute Gasteiger partial charge is 0.329 e. The average Bonchev–Trinajstić information content (AvgIpc) is 2.64. The number of likely N-dealkylation sites (N-methyl/N-ethyl adjacent to an activating group) is 1. The Morgan fingerprint density at radius 2 is 1.95 bits per heavy atom. The van der Waals surface area contributed by atoms with Crippen LogP contribution in [-0.2, 0) is 0 Å². The van der Waals surface area contributed by atoms with Crippen LogP contribution < -0.4 is 5.73 Å². The molecule has 2 aliphatic rings. The Morgan fingerprint density at radius 3 is 2.63 bits per heavy atom. The second kappa shape index (κ2) is 6.55. The Kier molecular flexibility index (Phi) is 5.27. The summed E-state index contributed by atoms with van der Waals surface area (Å²) >= 11 is 0. The molecule has 1 heterocycles. The minimum atomic E-state index is 0.304. The smallest absolute Gasteiger partial charge is 0.0335 e. The summed E-state index contributed by atoms with van der Waals surface area (Å²) in [6.45, 7) is 10.5. The summed E-state index contributed by atoms with van der Waals surface area (Å²) in [5.41, 5.74) is 6.57. The molecule has 0 aromatic rings. The van der Waals surface area contributed by atoms with Gasteiger partial charge in [0.05, 0.1) is 0 Å². The maximum atomic E-state index is 6.26. The highest BCUT2D eigenvalue weighted by atomic mass is 15.3. The first-order valence-corrected chi connectivity index (χ1v) is 8.21. The van der Waals surface area contributed by atoms with Crippen LogP contribution in [0, 0.1) is 11.8 Å². The predicted octanol–water partition coefficient (Wildman–Crippen LogP) is 2.17. The van der Waals surface area contributed by atoms with Crippen LogP contribution in [0.3, 0.4) is 0 Å². The zero-order valence-corrected chi connectivity index (χ0v) is 13.2. The van der Waals surface area contributed by atoms with Gasteiger partial charge in [0.2, 0.25) is 0 Å². The van der Waals surface area contributed by atoms with E-state index in [2.05, 4.69) is 30.7 Å². The molecule has 1 saturated heterocycles. The third-order valence-corrected chi connectivity index (χ3v) is 5.57. The van der Waals surface area contributed by atoms with Gasteiger partial charge < -0.3 is 10.6 Å². The molecule has 1 aliphatic heterocycles. The highest BCUT2D eigenvalue weighted by molar-refractivity contribution is 4.98. The van der Waals surface area contributed by atoms with Crippen LogP contribution in [0.2, 0.25) is 0 Å². The van der Waals surface area contributed by atoms with Gasteiger partial charge in [-0.15, -0.1) is 0 Å². The molecule has 0 spiro atoms. The highest BCUT2D eigenvalue weighted by Gasteiger charge is 2.40. The molecule has 0 aromatic carbocycles.